The standard InChI is InChI=1S/C28H42N2O3/c1-33-25-20-12-11-19-24(25)28(32)30(23-17-9-4-10-18-23)26(21-13-5-2-6-14-21)27(31)29-22-15-7-3-8-16-22/h11-12,19-23,26H,2-10,13-18H2,1H3,(H,29,31). The fourth-order valence-corrected chi connectivity index (χ4v) is 6.39. The predicted octanol–water partition coefficient (Wildman–Crippen LogP) is 5.87. The number of ether oxygens (including phenoxy) is 1. The minimum Gasteiger partial charge on any atom is -0.496 e. The van der Waals surface area contributed by atoms with Gasteiger partial charge >= 0.3 is 0 Å². The lowest BCUT2D eigenvalue weighted by atomic mass is 9.80. The maximum Gasteiger partial charge on any atom is 0.258 e. The summed E-state index contributed by atoms with van der Waals surface area (Å²) in [6.07, 6.45) is 16.8. The Labute approximate surface area is 199 Å². The van der Waals surface area contributed by atoms with Crippen LogP contribution in [0.15, 0.2) is 24.3 Å². The first kappa shape index (κ1) is 24.1. The molecule has 0 spiro atoms. The Hall–Kier alpha value is -2.04. The van der Waals surface area contributed by atoms with E-state index in [0.29, 0.717) is 11.3 Å². The average Bonchev–Trinajstić information content (AvgIpc) is 2.88. The summed E-state index contributed by atoms with van der Waals surface area (Å²) in [5.41, 5.74) is 0.580. The molecule has 1 N–H and O–H groups in total. The van der Waals surface area contributed by atoms with Gasteiger partial charge in [0.1, 0.15) is 11.8 Å². The van der Waals surface area contributed by atoms with E-state index in [9.17, 15) is 9.59 Å². The molecule has 5 heteroatoms. The van der Waals surface area contributed by atoms with Gasteiger partial charge in [-0.2, -0.15) is 0 Å². The Bertz CT molecular complexity index is 777. The fraction of sp³-hybridized carbons (Fsp3) is 0.714. The molecule has 182 valence electrons. The van der Waals surface area contributed by atoms with E-state index in [0.717, 1.165) is 64.2 Å². The van der Waals surface area contributed by atoms with Gasteiger partial charge < -0.3 is 15.0 Å². The first-order valence-electron chi connectivity index (χ1n) is 13.4. The number of carbonyl (C=O) groups excluding carboxylic acids is 2. The SMILES string of the molecule is COc1ccccc1C(=O)N(C1CCCCC1)C(C(=O)NC1CCCCC1)C1CCCCC1. The van der Waals surface area contributed by atoms with Gasteiger partial charge in [0.25, 0.3) is 5.91 Å². The van der Waals surface area contributed by atoms with Crippen molar-refractivity contribution in [2.24, 2.45) is 5.92 Å². The highest BCUT2D eigenvalue weighted by Gasteiger charge is 2.42. The van der Waals surface area contributed by atoms with Crippen molar-refractivity contribution < 1.29 is 14.3 Å². The van der Waals surface area contributed by atoms with Gasteiger partial charge in [-0.25, -0.2) is 0 Å². The number of carbonyl (C=O) groups is 2. The highest BCUT2D eigenvalue weighted by molar-refractivity contribution is 6.00. The Balaban J connectivity index is 1.68. The molecule has 0 aliphatic heterocycles. The minimum absolute atomic E-state index is 0.0336. The van der Waals surface area contributed by atoms with Gasteiger partial charge in [0.2, 0.25) is 5.91 Å². The van der Waals surface area contributed by atoms with Crippen LogP contribution in [-0.2, 0) is 4.79 Å². The van der Waals surface area contributed by atoms with Crippen LogP contribution in [0.4, 0.5) is 0 Å². The molecule has 5 nitrogen and oxygen atoms in total. The molecule has 0 radical (unpaired) electrons. The molecule has 1 aromatic rings. The van der Waals surface area contributed by atoms with E-state index >= 15 is 0 Å². The van der Waals surface area contributed by atoms with E-state index in [1.807, 2.05) is 29.2 Å². The largest absolute Gasteiger partial charge is 0.496 e. The summed E-state index contributed by atoms with van der Waals surface area (Å²) in [5.74, 6) is 0.887. The zero-order valence-electron chi connectivity index (χ0n) is 20.4. The fourth-order valence-electron chi connectivity index (χ4n) is 6.39. The molecule has 3 aliphatic carbocycles. The second-order valence-electron chi connectivity index (χ2n) is 10.4. The smallest absolute Gasteiger partial charge is 0.258 e. The summed E-state index contributed by atoms with van der Waals surface area (Å²) in [7, 11) is 1.62. The molecule has 0 heterocycles. The van der Waals surface area contributed by atoms with E-state index in [1.54, 1.807) is 7.11 Å². The van der Waals surface area contributed by atoms with E-state index in [1.165, 1.54) is 32.1 Å². The van der Waals surface area contributed by atoms with Gasteiger partial charge in [-0.1, -0.05) is 69.9 Å². The summed E-state index contributed by atoms with van der Waals surface area (Å²) in [4.78, 5) is 30.1. The first-order chi connectivity index (χ1) is 16.2. The molecule has 33 heavy (non-hydrogen) atoms. The van der Waals surface area contributed by atoms with Crippen molar-refractivity contribution in [1.29, 1.82) is 0 Å². The van der Waals surface area contributed by atoms with Crippen molar-refractivity contribution in [1.82, 2.24) is 10.2 Å². The third kappa shape index (κ3) is 5.91. The third-order valence-corrected chi connectivity index (χ3v) is 8.16. The van der Waals surface area contributed by atoms with Gasteiger partial charge in [-0.05, 0) is 56.6 Å². The zero-order valence-corrected chi connectivity index (χ0v) is 20.4. The Morgan fingerprint density at radius 1 is 0.848 bits per heavy atom. The van der Waals surface area contributed by atoms with Gasteiger partial charge in [0, 0.05) is 12.1 Å². The maximum atomic E-state index is 14.2. The number of hydrogen-bond acceptors (Lipinski definition) is 3. The number of rotatable bonds is 7. The normalized spacial score (nSPS) is 21.8. The number of nitrogens with one attached hydrogen (secondary N) is 1. The zero-order chi connectivity index (χ0) is 23.0. The highest BCUT2D eigenvalue weighted by atomic mass is 16.5. The topological polar surface area (TPSA) is 58.6 Å². The van der Waals surface area contributed by atoms with Gasteiger partial charge in [-0.15, -0.1) is 0 Å². The molecule has 0 bridgehead atoms. The quantitative estimate of drug-likeness (QED) is 0.561. The summed E-state index contributed by atoms with van der Waals surface area (Å²) < 4.78 is 5.56. The van der Waals surface area contributed by atoms with Crippen LogP contribution in [-0.4, -0.2) is 41.9 Å². The van der Waals surface area contributed by atoms with Crippen LogP contribution in [0.5, 0.6) is 5.75 Å². The number of amides is 2. The van der Waals surface area contributed by atoms with Crippen molar-refractivity contribution >= 4 is 11.8 Å². The van der Waals surface area contributed by atoms with Gasteiger partial charge in [0.05, 0.1) is 12.7 Å². The van der Waals surface area contributed by atoms with Gasteiger partial charge in [-0.3, -0.25) is 9.59 Å². The monoisotopic (exact) mass is 454 g/mol. The molecule has 2 amide bonds. The molecule has 1 unspecified atom stereocenters. The van der Waals surface area contributed by atoms with Crippen LogP contribution in [0.1, 0.15) is 107 Å². The van der Waals surface area contributed by atoms with Crippen LogP contribution in [0.2, 0.25) is 0 Å². The summed E-state index contributed by atoms with van der Waals surface area (Å²) in [6, 6.07) is 7.50. The molecule has 3 fully saturated rings. The van der Waals surface area contributed by atoms with Crippen LogP contribution >= 0.6 is 0 Å². The Morgan fingerprint density at radius 2 is 1.42 bits per heavy atom. The summed E-state index contributed by atoms with van der Waals surface area (Å²) in [5, 5.41) is 3.41. The summed E-state index contributed by atoms with van der Waals surface area (Å²) >= 11 is 0. The minimum atomic E-state index is -0.382. The second-order valence-corrected chi connectivity index (χ2v) is 10.4. The average molecular weight is 455 g/mol. The van der Waals surface area contributed by atoms with Crippen LogP contribution < -0.4 is 10.1 Å². The Morgan fingerprint density at radius 3 is 2.06 bits per heavy atom. The van der Waals surface area contributed by atoms with Crippen LogP contribution in [0.25, 0.3) is 0 Å². The van der Waals surface area contributed by atoms with Crippen molar-refractivity contribution in [3.8, 4) is 5.75 Å². The third-order valence-electron chi connectivity index (χ3n) is 8.16. The van der Waals surface area contributed by atoms with Crippen molar-refractivity contribution in [3.05, 3.63) is 29.8 Å². The molecule has 4 rings (SSSR count). The van der Waals surface area contributed by atoms with Gasteiger partial charge in [0.15, 0.2) is 0 Å². The second kappa shape index (κ2) is 11.9. The first-order valence-corrected chi connectivity index (χ1v) is 13.4. The van der Waals surface area contributed by atoms with E-state index in [2.05, 4.69) is 5.32 Å². The molecular weight excluding hydrogens is 412 g/mol. The van der Waals surface area contributed by atoms with Crippen molar-refractivity contribution in [2.45, 2.75) is 114 Å². The lowest BCUT2D eigenvalue weighted by Crippen LogP contribution is -2.59. The van der Waals surface area contributed by atoms with E-state index < -0.39 is 0 Å². The summed E-state index contributed by atoms with van der Waals surface area (Å²) in [6.45, 7) is 0. The molecule has 0 aromatic heterocycles. The highest BCUT2D eigenvalue weighted by Crippen LogP contribution is 2.35. The van der Waals surface area contributed by atoms with Crippen LogP contribution in [0.3, 0.4) is 0 Å². The number of hydrogen-bond donors (Lipinski definition) is 1. The molecule has 0 saturated heterocycles. The Kier molecular flexibility index (Phi) is 8.69. The van der Waals surface area contributed by atoms with E-state index in [4.69, 9.17) is 4.74 Å². The maximum absolute atomic E-state index is 14.2. The number of methoxy groups -OCH3 is 1. The number of nitrogens with zero attached hydrogens (tertiary/aromatic N) is 1. The predicted molar refractivity (Wildman–Crippen MR) is 131 cm³/mol. The van der Waals surface area contributed by atoms with Crippen molar-refractivity contribution in [3.63, 3.8) is 0 Å². The van der Waals surface area contributed by atoms with Crippen LogP contribution in [0, 0.1) is 5.92 Å². The van der Waals surface area contributed by atoms with E-state index in [-0.39, 0.29) is 35.9 Å². The number of benzene rings is 1. The molecule has 3 saturated carbocycles. The molecule has 3 aliphatic rings. The van der Waals surface area contributed by atoms with Crippen molar-refractivity contribution in [2.75, 3.05) is 7.11 Å². The molecule has 1 aromatic carbocycles. The molecular formula is C28H42N2O3. The molecule has 1 atom stereocenters. The lowest BCUT2D eigenvalue weighted by Gasteiger charge is -2.44. The lowest BCUT2D eigenvalue weighted by molar-refractivity contribution is -0.130. The number of para-hydroxylation sites is 1.